The summed E-state index contributed by atoms with van der Waals surface area (Å²) in [6.45, 7) is 0. The van der Waals surface area contributed by atoms with E-state index in [1.165, 1.54) is 25.3 Å². The van der Waals surface area contributed by atoms with Crippen molar-refractivity contribution in [2.75, 3.05) is 12.4 Å². The minimum absolute atomic E-state index is 0.230. The van der Waals surface area contributed by atoms with Gasteiger partial charge in [-0.1, -0.05) is 15.9 Å². The van der Waals surface area contributed by atoms with E-state index in [0.29, 0.717) is 11.4 Å². The largest absolute Gasteiger partial charge is 0.496 e. The molecule has 0 saturated heterocycles. The van der Waals surface area contributed by atoms with E-state index in [4.69, 9.17) is 10.5 Å². The molecule has 0 aliphatic carbocycles. The summed E-state index contributed by atoms with van der Waals surface area (Å²) in [5, 5.41) is 2.76. The lowest BCUT2D eigenvalue weighted by molar-refractivity contribution is 0.1000. The molecule has 7 heteroatoms. The van der Waals surface area contributed by atoms with Gasteiger partial charge in [0, 0.05) is 14.5 Å². The standard InChI is InChI=1S/C15H12Br2N2O3/c1-22-13-5-2-8(14(18)20)6-10(13)15(21)19-12-4-3-9(16)7-11(12)17/h2-7H,1H3,(H2,18,20)(H,19,21). The second-order valence-electron chi connectivity index (χ2n) is 4.36. The van der Waals surface area contributed by atoms with Gasteiger partial charge in [-0.15, -0.1) is 0 Å². The fraction of sp³-hybridized carbons (Fsp3) is 0.0667. The predicted molar refractivity (Wildman–Crippen MR) is 91.3 cm³/mol. The Morgan fingerprint density at radius 1 is 1.14 bits per heavy atom. The van der Waals surface area contributed by atoms with Gasteiger partial charge in [-0.3, -0.25) is 9.59 Å². The van der Waals surface area contributed by atoms with Crippen LogP contribution in [-0.4, -0.2) is 18.9 Å². The molecule has 3 N–H and O–H groups in total. The summed E-state index contributed by atoms with van der Waals surface area (Å²) in [6, 6.07) is 9.81. The van der Waals surface area contributed by atoms with Crippen LogP contribution in [0.3, 0.4) is 0 Å². The number of hydrogen-bond donors (Lipinski definition) is 2. The highest BCUT2D eigenvalue weighted by atomic mass is 79.9. The molecule has 2 amide bonds. The van der Waals surface area contributed by atoms with Crippen molar-refractivity contribution in [3.05, 3.63) is 56.5 Å². The maximum absolute atomic E-state index is 12.4. The molecule has 0 fully saturated rings. The normalized spacial score (nSPS) is 10.1. The SMILES string of the molecule is COc1ccc(C(N)=O)cc1C(=O)Nc1ccc(Br)cc1Br. The van der Waals surface area contributed by atoms with Crippen LogP contribution >= 0.6 is 31.9 Å². The second kappa shape index (κ2) is 6.93. The Kier molecular flexibility index (Phi) is 5.20. The average molecular weight is 428 g/mol. The highest BCUT2D eigenvalue weighted by molar-refractivity contribution is 9.11. The number of nitrogens with one attached hydrogen (secondary N) is 1. The zero-order valence-electron chi connectivity index (χ0n) is 11.5. The second-order valence-corrected chi connectivity index (χ2v) is 6.13. The minimum atomic E-state index is -0.610. The van der Waals surface area contributed by atoms with E-state index in [2.05, 4.69) is 37.2 Å². The average Bonchev–Trinajstić information content (AvgIpc) is 2.49. The van der Waals surface area contributed by atoms with Crippen molar-refractivity contribution in [2.24, 2.45) is 5.73 Å². The molecular formula is C15H12Br2N2O3. The van der Waals surface area contributed by atoms with E-state index in [1.807, 2.05) is 6.07 Å². The van der Waals surface area contributed by atoms with Crippen LogP contribution in [0, 0.1) is 0 Å². The summed E-state index contributed by atoms with van der Waals surface area (Å²) in [5.74, 6) is -0.653. The molecule has 114 valence electrons. The first-order chi connectivity index (χ1) is 10.4. The maximum Gasteiger partial charge on any atom is 0.259 e. The van der Waals surface area contributed by atoms with Crippen LogP contribution in [0.5, 0.6) is 5.75 Å². The van der Waals surface area contributed by atoms with Crippen LogP contribution in [0.4, 0.5) is 5.69 Å². The van der Waals surface area contributed by atoms with E-state index in [-0.39, 0.29) is 11.1 Å². The Hall–Kier alpha value is -1.86. The highest BCUT2D eigenvalue weighted by Gasteiger charge is 2.16. The number of carbonyl (C=O) groups excluding carboxylic acids is 2. The van der Waals surface area contributed by atoms with E-state index in [9.17, 15) is 9.59 Å². The molecule has 0 atom stereocenters. The zero-order chi connectivity index (χ0) is 16.3. The van der Waals surface area contributed by atoms with Crippen molar-refractivity contribution in [3.8, 4) is 5.75 Å². The number of primary amides is 1. The summed E-state index contributed by atoms with van der Waals surface area (Å²) in [6.07, 6.45) is 0. The maximum atomic E-state index is 12.4. The molecule has 2 rings (SSSR count). The molecule has 2 aromatic carbocycles. The van der Waals surface area contributed by atoms with Crippen molar-refractivity contribution >= 4 is 49.4 Å². The number of ether oxygens (including phenoxy) is 1. The third kappa shape index (κ3) is 3.66. The lowest BCUT2D eigenvalue weighted by atomic mass is 10.1. The molecule has 0 spiro atoms. The Morgan fingerprint density at radius 2 is 1.86 bits per heavy atom. The molecular weight excluding hydrogens is 416 g/mol. The molecule has 0 bridgehead atoms. The predicted octanol–water partition coefficient (Wildman–Crippen LogP) is 3.57. The number of anilines is 1. The van der Waals surface area contributed by atoms with Gasteiger partial charge in [0.1, 0.15) is 5.75 Å². The first kappa shape index (κ1) is 16.5. The van der Waals surface area contributed by atoms with E-state index >= 15 is 0 Å². The Labute approximate surface area is 144 Å². The van der Waals surface area contributed by atoms with Gasteiger partial charge in [-0.25, -0.2) is 0 Å². The van der Waals surface area contributed by atoms with Crippen LogP contribution in [0.15, 0.2) is 45.3 Å². The van der Waals surface area contributed by atoms with Crippen molar-refractivity contribution in [1.29, 1.82) is 0 Å². The van der Waals surface area contributed by atoms with Crippen LogP contribution < -0.4 is 15.8 Å². The Balaban J connectivity index is 2.35. The van der Waals surface area contributed by atoms with Crippen LogP contribution in [0.2, 0.25) is 0 Å². The number of nitrogens with two attached hydrogens (primary N) is 1. The minimum Gasteiger partial charge on any atom is -0.496 e. The van der Waals surface area contributed by atoms with Gasteiger partial charge >= 0.3 is 0 Å². The molecule has 0 saturated carbocycles. The molecule has 0 unspecified atom stereocenters. The summed E-state index contributed by atoms with van der Waals surface area (Å²) in [4.78, 5) is 23.7. The Morgan fingerprint density at radius 3 is 2.45 bits per heavy atom. The van der Waals surface area contributed by atoms with Crippen molar-refractivity contribution in [3.63, 3.8) is 0 Å². The molecule has 22 heavy (non-hydrogen) atoms. The number of methoxy groups -OCH3 is 1. The van der Waals surface area contributed by atoms with E-state index < -0.39 is 11.8 Å². The number of amides is 2. The molecule has 0 aromatic heterocycles. The molecule has 0 aliphatic rings. The number of halogens is 2. The first-order valence-corrected chi connectivity index (χ1v) is 7.75. The summed E-state index contributed by atoms with van der Waals surface area (Å²) >= 11 is 6.71. The first-order valence-electron chi connectivity index (χ1n) is 6.16. The fourth-order valence-corrected chi connectivity index (χ4v) is 2.97. The molecule has 0 aliphatic heterocycles. The summed E-state index contributed by atoms with van der Waals surface area (Å²) in [5.41, 5.74) is 6.31. The van der Waals surface area contributed by atoms with Gasteiger partial charge in [0.15, 0.2) is 0 Å². The molecule has 0 heterocycles. The smallest absolute Gasteiger partial charge is 0.259 e. The van der Waals surface area contributed by atoms with Gasteiger partial charge in [0.05, 0.1) is 18.4 Å². The highest BCUT2D eigenvalue weighted by Crippen LogP contribution is 2.28. The van der Waals surface area contributed by atoms with Crippen molar-refractivity contribution in [2.45, 2.75) is 0 Å². The molecule has 5 nitrogen and oxygen atoms in total. The lowest BCUT2D eigenvalue weighted by Gasteiger charge is -2.11. The quantitative estimate of drug-likeness (QED) is 0.782. The van der Waals surface area contributed by atoms with E-state index in [1.54, 1.807) is 12.1 Å². The number of rotatable bonds is 4. The third-order valence-corrected chi connectivity index (χ3v) is 4.06. The van der Waals surface area contributed by atoms with Crippen LogP contribution in [-0.2, 0) is 0 Å². The monoisotopic (exact) mass is 426 g/mol. The topological polar surface area (TPSA) is 81.4 Å². The number of benzene rings is 2. The fourth-order valence-electron chi connectivity index (χ4n) is 1.82. The number of carbonyl (C=O) groups is 2. The van der Waals surface area contributed by atoms with Gasteiger partial charge < -0.3 is 15.8 Å². The lowest BCUT2D eigenvalue weighted by Crippen LogP contribution is -2.16. The van der Waals surface area contributed by atoms with E-state index in [0.717, 1.165) is 8.95 Å². The number of hydrogen-bond acceptors (Lipinski definition) is 3. The van der Waals surface area contributed by atoms with Gasteiger partial charge in [0.2, 0.25) is 5.91 Å². The summed E-state index contributed by atoms with van der Waals surface area (Å²) in [7, 11) is 1.45. The Bertz CT molecular complexity index is 748. The van der Waals surface area contributed by atoms with Crippen molar-refractivity contribution < 1.29 is 14.3 Å². The van der Waals surface area contributed by atoms with Gasteiger partial charge in [-0.2, -0.15) is 0 Å². The third-order valence-electron chi connectivity index (χ3n) is 2.91. The zero-order valence-corrected chi connectivity index (χ0v) is 14.7. The summed E-state index contributed by atoms with van der Waals surface area (Å²) < 4.78 is 6.76. The van der Waals surface area contributed by atoms with Crippen molar-refractivity contribution in [1.82, 2.24) is 0 Å². The molecule has 2 aromatic rings. The van der Waals surface area contributed by atoms with Crippen LogP contribution in [0.1, 0.15) is 20.7 Å². The van der Waals surface area contributed by atoms with Crippen LogP contribution in [0.25, 0.3) is 0 Å². The van der Waals surface area contributed by atoms with Gasteiger partial charge in [-0.05, 0) is 52.3 Å². The van der Waals surface area contributed by atoms with Gasteiger partial charge in [0.25, 0.3) is 5.91 Å². The molecule has 0 radical (unpaired) electrons.